The Morgan fingerprint density at radius 2 is 2.29 bits per heavy atom. The van der Waals surface area contributed by atoms with Crippen molar-refractivity contribution in [3.63, 3.8) is 0 Å². The third kappa shape index (κ3) is 1.80. The molecule has 14 heavy (non-hydrogen) atoms. The van der Waals surface area contributed by atoms with Crippen molar-refractivity contribution < 1.29 is 11.0 Å². The summed E-state index contributed by atoms with van der Waals surface area (Å²) in [5.74, 6) is 0. The normalized spacial score (nSPS) is 26.1. The second-order valence-corrected chi connectivity index (χ2v) is 2.98. The van der Waals surface area contributed by atoms with E-state index in [1.54, 1.807) is 24.3 Å². The van der Waals surface area contributed by atoms with Gasteiger partial charge in [0, 0.05) is 34.6 Å². The predicted octanol–water partition coefficient (Wildman–Crippen LogP) is 2.27. The van der Waals surface area contributed by atoms with Crippen LogP contribution in [0.15, 0.2) is 30.5 Å². The highest BCUT2D eigenvalue weighted by molar-refractivity contribution is 5.83. The lowest BCUT2D eigenvalue weighted by Gasteiger charge is -2.07. The average molecular weight is 196 g/mol. The second kappa shape index (κ2) is 3.84. The Bertz CT molecular complexity index is 630. The zero-order valence-electron chi connectivity index (χ0n) is 15.5. The molecule has 74 valence electrons. The lowest BCUT2D eigenvalue weighted by atomic mass is 10.1. The molecule has 0 aliphatic rings. The van der Waals surface area contributed by atoms with Gasteiger partial charge in [0.1, 0.15) is 0 Å². The smallest absolute Gasteiger partial charge is 0.0456 e. The lowest BCUT2D eigenvalue weighted by molar-refractivity contribution is 0.414. The number of aryl methyl sites for hydroxylation is 1. The number of nitrogens with one attached hydrogen (secondary N) is 1. The Labute approximate surface area is 95.8 Å². The third-order valence-electron chi connectivity index (χ3n) is 2.02. The number of likely N-dealkylation sites (N-methyl/N-ethyl adjacent to an activating group) is 1. The van der Waals surface area contributed by atoms with Gasteiger partial charge in [-0.15, -0.1) is 0 Å². The van der Waals surface area contributed by atoms with Gasteiger partial charge < -0.3 is 9.88 Å². The zero-order chi connectivity index (χ0) is 16.7. The molecule has 2 rings (SSSR count). The molecule has 1 aromatic heterocycles. The highest BCUT2D eigenvalue weighted by atomic mass is 15.0. The summed E-state index contributed by atoms with van der Waals surface area (Å²) in [6.07, 6.45) is 0.179. The van der Waals surface area contributed by atoms with Gasteiger partial charge in [-0.2, -0.15) is 0 Å². The van der Waals surface area contributed by atoms with Crippen LogP contribution in [0.1, 0.15) is 16.5 Å². The van der Waals surface area contributed by atoms with Crippen LogP contribution in [0.3, 0.4) is 0 Å². The van der Waals surface area contributed by atoms with Gasteiger partial charge in [-0.25, -0.2) is 0 Å². The topological polar surface area (TPSA) is 19.0 Å². The minimum absolute atomic E-state index is 0.124. The fraction of sp³-hybridized carbons (Fsp3) is 0.333. The first-order valence-corrected chi connectivity index (χ1v) is 4.23. The van der Waals surface area contributed by atoms with Crippen molar-refractivity contribution >= 4 is 10.9 Å². The van der Waals surface area contributed by atoms with Crippen molar-refractivity contribution in [2.45, 2.75) is 6.40 Å². The molecular weight excluding hydrogens is 172 g/mol. The summed E-state index contributed by atoms with van der Waals surface area (Å²) in [5.41, 5.74) is 1.14. The molecule has 2 nitrogen and oxygen atoms in total. The SMILES string of the molecule is [2H]C(c1c[nH]c2ccccc12)C([2H])N(C([2H])([2H])[2H])C([2H])([2H])[2H]. The number of rotatable bonds is 3. The predicted molar refractivity (Wildman–Crippen MR) is 60.6 cm³/mol. The molecule has 0 spiro atoms. The molecule has 0 aliphatic heterocycles. The largest absolute Gasteiger partial charge is 0.361 e. The summed E-state index contributed by atoms with van der Waals surface area (Å²) in [4.78, 5) is 3.06. The standard InChI is InChI=1S/C12H16N2/c1-14(2)8-7-10-9-13-12-6-4-3-5-11(10)12/h3-6,9,13H,7-8H2,1-2H3/i1D3,2D3,7D,8D. The molecule has 2 atom stereocenters. The van der Waals surface area contributed by atoms with Crippen LogP contribution in [-0.2, 0) is 6.40 Å². The first-order chi connectivity index (χ1) is 10.0. The number of nitrogens with zero attached hydrogens (tertiary/aromatic N) is 1. The maximum Gasteiger partial charge on any atom is 0.0456 e. The highest BCUT2D eigenvalue weighted by Gasteiger charge is 2.02. The van der Waals surface area contributed by atoms with Crippen LogP contribution in [0, 0.1) is 0 Å². The van der Waals surface area contributed by atoms with E-state index in [1.807, 2.05) is 0 Å². The van der Waals surface area contributed by atoms with Crippen LogP contribution in [-0.4, -0.2) is 30.4 Å². The Kier molecular flexibility index (Phi) is 1.02. The molecule has 0 amide bonds. The van der Waals surface area contributed by atoms with Gasteiger partial charge >= 0.3 is 0 Å². The van der Waals surface area contributed by atoms with Gasteiger partial charge in [-0.05, 0) is 32.0 Å². The molecule has 2 aromatic rings. The Morgan fingerprint density at radius 1 is 1.43 bits per heavy atom. The molecule has 0 bridgehead atoms. The van der Waals surface area contributed by atoms with Gasteiger partial charge in [0.25, 0.3) is 0 Å². The average Bonchev–Trinajstić information content (AvgIpc) is 2.78. The number of fused-ring (bicyclic) bond motifs is 1. The molecule has 0 radical (unpaired) electrons. The van der Waals surface area contributed by atoms with E-state index < -0.39 is 26.9 Å². The molecule has 2 heteroatoms. The van der Waals surface area contributed by atoms with Crippen molar-refractivity contribution in [1.82, 2.24) is 9.88 Å². The van der Waals surface area contributed by atoms with Gasteiger partial charge in [-0.1, -0.05) is 18.2 Å². The van der Waals surface area contributed by atoms with E-state index in [0.29, 0.717) is 10.9 Å². The third-order valence-corrected chi connectivity index (χ3v) is 2.02. The number of hydrogen-bond donors (Lipinski definition) is 1. The monoisotopic (exact) mass is 196 g/mol. The Balaban J connectivity index is 2.40. The number of aromatic nitrogens is 1. The van der Waals surface area contributed by atoms with E-state index in [4.69, 9.17) is 11.0 Å². The Morgan fingerprint density at radius 3 is 3.14 bits per heavy atom. The molecule has 0 aliphatic carbocycles. The quantitative estimate of drug-likeness (QED) is 0.798. The first kappa shape index (κ1) is 3.70. The van der Waals surface area contributed by atoms with Crippen LogP contribution >= 0.6 is 0 Å². The van der Waals surface area contributed by atoms with Crippen molar-refractivity contribution in [1.29, 1.82) is 0 Å². The molecule has 0 fully saturated rings. The molecule has 1 heterocycles. The van der Waals surface area contributed by atoms with Gasteiger partial charge in [-0.3, -0.25) is 0 Å². The van der Waals surface area contributed by atoms with Gasteiger partial charge in [0.2, 0.25) is 0 Å². The van der Waals surface area contributed by atoms with E-state index >= 15 is 0 Å². The van der Waals surface area contributed by atoms with Crippen molar-refractivity contribution in [2.24, 2.45) is 0 Å². The summed E-state index contributed by atoms with van der Waals surface area (Å²) in [6.45, 7) is -7.72. The Hall–Kier alpha value is -1.28. The van der Waals surface area contributed by atoms with Gasteiger partial charge in [0.15, 0.2) is 0 Å². The van der Waals surface area contributed by atoms with Crippen LogP contribution < -0.4 is 0 Å². The summed E-state index contributed by atoms with van der Waals surface area (Å²) < 4.78 is 60.2. The fourth-order valence-electron chi connectivity index (χ4n) is 1.39. The highest BCUT2D eigenvalue weighted by Crippen LogP contribution is 2.17. The van der Waals surface area contributed by atoms with Crippen LogP contribution in [0.25, 0.3) is 10.9 Å². The van der Waals surface area contributed by atoms with Crippen LogP contribution in [0.2, 0.25) is 0 Å². The number of aromatic amines is 1. The summed E-state index contributed by atoms with van der Waals surface area (Å²) >= 11 is 0. The maximum absolute atomic E-state index is 8.16. The first-order valence-electron chi connectivity index (χ1n) is 8.39. The number of hydrogen-bond acceptors (Lipinski definition) is 1. The minimum Gasteiger partial charge on any atom is -0.361 e. The van der Waals surface area contributed by atoms with Crippen molar-refractivity contribution in [3.8, 4) is 0 Å². The summed E-state index contributed by atoms with van der Waals surface area (Å²) in [5, 5.41) is 0.677. The van der Waals surface area contributed by atoms with E-state index in [-0.39, 0.29) is 4.90 Å². The number of benzene rings is 1. The van der Waals surface area contributed by atoms with Crippen molar-refractivity contribution in [3.05, 3.63) is 36.0 Å². The van der Waals surface area contributed by atoms with E-state index in [9.17, 15) is 0 Å². The van der Waals surface area contributed by atoms with Crippen LogP contribution in [0.4, 0.5) is 0 Å². The number of H-pyrrole nitrogens is 1. The van der Waals surface area contributed by atoms with Crippen molar-refractivity contribution in [2.75, 3.05) is 20.5 Å². The fourth-order valence-corrected chi connectivity index (χ4v) is 1.39. The molecule has 0 saturated heterocycles. The van der Waals surface area contributed by atoms with E-state index in [2.05, 4.69) is 4.98 Å². The molecule has 1 N–H and O–H groups in total. The summed E-state index contributed by atoms with van der Waals surface area (Å²) in [7, 11) is 0. The molecule has 2 unspecified atom stereocenters. The van der Waals surface area contributed by atoms with E-state index in [0.717, 1.165) is 5.52 Å². The van der Waals surface area contributed by atoms with E-state index in [1.165, 1.54) is 6.20 Å². The van der Waals surface area contributed by atoms with Gasteiger partial charge in [0.05, 0.1) is 0 Å². The molecule has 1 aromatic carbocycles. The number of para-hydroxylation sites is 1. The van der Waals surface area contributed by atoms with Crippen LogP contribution in [0.5, 0.6) is 0 Å². The maximum atomic E-state index is 8.16. The molecular formula is C12H16N2. The second-order valence-electron chi connectivity index (χ2n) is 2.98. The minimum atomic E-state index is -2.98. The molecule has 0 saturated carbocycles. The zero-order valence-corrected chi connectivity index (χ0v) is 7.49. The summed E-state index contributed by atoms with van der Waals surface area (Å²) in [6, 6.07) is 7.09. The lowest BCUT2D eigenvalue weighted by Crippen LogP contribution is -2.14.